The molecule has 8 nitrogen and oxygen atoms in total. The van der Waals surface area contributed by atoms with Crippen molar-refractivity contribution in [2.24, 2.45) is 0 Å². The van der Waals surface area contributed by atoms with Gasteiger partial charge in [-0.2, -0.15) is 0 Å². The summed E-state index contributed by atoms with van der Waals surface area (Å²) in [5, 5.41) is 3.16. The lowest BCUT2D eigenvalue weighted by Crippen LogP contribution is -2.52. The topological polar surface area (TPSA) is 90.2 Å². The van der Waals surface area contributed by atoms with Crippen LogP contribution in [0.25, 0.3) is 0 Å². The predicted octanol–water partition coefficient (Wildman–Crippen LogP) is 4.65. The van der Waals surface area contributed by atoms with Crippen LogP contribution >= 0.6 is 0 Å². The van der Waals surface area contributed by atoms with E-state index < -0.39 is 18.1 Å². The van der Waals surface area contributed by atoms with Crippen molar-refractivity contribution in [3.63, 3.8) is 0 Å². The number of para-hydroxylation sites is 2. The molecule has 188 valence electrons. The number of fused-ring (bicyclic) bond motifs is 1. The van der Waals surface area contributed by atoms with E-state index >= 15 is 0 Å². The summed E-state index contributed by atoms with van der Waals surface area (Å²) in [6.45, 7) is 0.0254. The average molecular weight is 491 g/mol. The van der Waals surface area contributed by atoms with Gasteiger partial charge in [-0.1, -0.05) is 31.4 Å². The van der Waals surface area contributed by atoms with Gasteiger partial charge < -0.3 is 23.9 Å². The maximum absolute atomic E-state index is 14.1. The highest BCUT2D eigenvalue weighted by Gasteiger charge is 2.41. The Bertz CT molecular complexity index is 1170. The van der Waals surface area contributed by atoms with E-state index in [1.54, 1.807) is 55.6 Å². The number of nitrogens with zero attached hydrogens (tertiary/aromatic N) is 1. The molecule has 5 rings (SSSR count). The minimum atomic E-state index is -1.02. The molecule has 36 heavy (non-hydrogen) atoms. The molecular formula is C28H30N2O6. The molecule has 2 aliphatic rings. The van der Waals surface area contributed by atoms with Crippen LogP contribution in [0.4, 0.5) is 5.69 Å². The van der Waals surface area contributed by atoms with E-state index in [2.05, 4.69) is 5.32 Å². The fourth-order valence-corrected chi connectivity index (χ4v) is 4.79. The van der Waals surface area contributed by atoms with Crippen LogP contribution in [0.5, 0.6) is 17.2 Å². The molecule has 1 saturated carbocycles. The third-order valence-corrected chi connectivity index (χ3v) is 6.64. The highest BCUT2D eigenvalue weighted by atomic mass is 16.6. The van der Waals surface area contributed by atoms with Gasteiger partial charge in [0, 0.05) is 11.7 Å². The van der Waals surface area contributed by atoms with Crippen LogP contribution in [0.1, 0.15) is 43.9 Å². The Balaban J connectivity index is 1.50. The first-order chi connectivity index (χ1) is 17.6. The van der Waals surface area contributed by atoms with Gasteiger partial charge in [0.1, 0.15) is 18.1 Å². The molecule has 2 heterocycles. The Morgan fingerprint density at radius 2 is 1.72 bits per heavy atom. The molecule has 2 aromatic carbocycles. The SMILES string of the molecule is COc1ccc(N(C(=O)[C@H]2COc3ccccc3O2)[C@@H](C(=O)NC2CCCCC2)c2ccco2)cc1. The number of anilines is 1. The van der Waals surface area contributed by atoms with Crippen molar-refractivity contribution in [2.75, 3.05) is 18.6 Å². The molecule has 1 aliphatic heterocycles. The summed E-state index contributed by atoms with van der Waals surface area (Å²) in [4.78, 5) is 29.3. The van der Waals surface area contributed by atoms with Crippen LogP contribution < -0.4 is 24.4 Å². The van der Waals surface area contributed by atoms with Crippen LogP contribution in [-0.2, 0) is 9.59 Å². The maximum atomic E-state index is 14.1. The van der Waals surface area contributed by atoms with Crippen LogP contribution in [0.3, 0.4) is 0 Å². The largest absolute Gasteiger partial charge is 0.497 e. The number of carbonyl (C=O) groups is 2. The van der Waals surface area contributed by atoms with Gasteiger partial charge in [-0.05, 0) is 61.4 Å². The average Bonchev–Trinajstić information content (AvgIpc) is 3.46. The second-order valence-electron chi connectivity index (χ2n) is 9.03. The van der Waals surface area contributed by atoms with E-state index in [-0.39, 0.29) is 18.6 Å². The van der Waals surface area contributed by atoms with Crippen molar-refractivity contribution in [3.05, 3.63) is 72.7 Å². The summed E-state index contributed by atoms with van der Waals surface area (Å²) < 4.78 is 22.8. The number of ether oxygens (including phenoxy) is 3. The molecule has 8 heteroatoms. The van der Waals surface area contributed by atoms with Crippen molar-refractivity contribution < 1.29 is 28.2 Å². The number of rotatable bonds is 7. The number of methoxy groups -OCH3 is 1. The third kappa shape index (κ3) is 5.03. The number of amides is 2. The molecule has 0 saturated heterocycles. The quantitative estimate of drug-likeness (QED) is 0.519. The van der Waals surface area contributed by atoms with Crippen molar-refractivity contribution >= 4 is 17.5 Å². The number of furan rings is 1. The van der Waals surface area contributed by atoms with E-state index in [0.717, 1.165) is 25.7 Å². The van der Waals surface area contributed by atoms with Crippen LogP contribution in [0.15, 0.2) is 71.3 Å². The number of carbonyl (C=O) groups excluding carboxylic acids is 2. The van der Waals surface area contributed by atoms with E-state index in [4.69, 9.17) is 18.6 Å². The standard InChI is InChI=1S/C28H30N2O6/c1-33-21-15-13-20(14-16-21)30(28(32)25-18-35-22-10-5-6-11-23(22)36-25)26(24-12-7-17-34-24)27(31)29-19-8-3-2-4-9-19/h5-7,10-17,19,25-26H,2-4,8-9,18H2,1H3,(H,29,31)/t25-,26-/m1/s1. The summed E-state index contributed by atoms with van der Waals surface area (Å²) in [7, 11) is 1.58. The first-order valence-electron chi connectivity index (χ1n) is 12.3. The molecule has 0 spiro atoms. The number of benzene rings is 2. The summed E-state index contributed by atoms with van der Waals surface area (Å²) in [6.07, 6.45) is 5.72. The zero-order chi connectivity index (χ0) is 24.9. The Hall–Kier alpha value is -3.94. The molecule has 1 aromatic heterocycles. The van der Waals surface area contributed by atoms with Crippen molar-refractivity contribution in [2.45, 2.75) is 50.3 Å². The summed E-state index contributed by atoms with van der Waals surface area (Å²) >= 11 is 0. The van der Waals surface area contributed by atoms with Crippen LogP contribution in [-0.4, -0.2) is 37.7 Å². The lowest BCUT2D eigenvalue weighted by atomic mass is 9.95. The number of nitrogens with one attached hydrogen (secondary N) is 1. The molecular weight excluding hydrogens is 460 g/mol. The van der Waals surface area contributed by atoms with E-state index in [1.807, 2.05) is 12.1 Å². The zero-order valence-corrected chi connectivity index (χ0v) is 20.2. The fraction of sp³-hybridized carbons (Fsp3) is 0.357. The van der Waals surface area contributed by atoms with Gasteiger partial charge >= 0.3 is 0 Å². The third-order valence-electron chi connectivity index (χ3n) is 6.64. The molecule has 3 aromatic rings. The molecule has 1 fully saturated rings. The molecule has 0 unspecified atom stereocenters. The van der Waals surface area contributed by atoms with Gasteiger partial charge in [0.2, 0.25) is 6.10 Å². The zero-order valence-electron chi connectivity index (χ0n) is 20.2. The van der Waals surface area contributed by atoms with Crippen molar-refractivity contribution in [3.8, 4) is 17.2 Å². The summed E-state index contributed by atoms with van der Waals surface area (Å²) in [6, 6.07) is 16.7. The van der Waals surface area contributed by atoms with Gasteiger partial charge in [0.05, 0.1) is 13.4 Å². The highest BCUT2D eigenvalue weighted by molar-refractivity contribution is 6.03. The second kappa shape index (κ2) is 10.8. The smallest absolute Gasteiger partial charge is 0.272 e. The Morgan fingerprint density at radius 1 is 0.972 bits per heavy atom. The van der Waals surface area contributed by atoms with E-state index in [9.17, 15) is 9.59 Å². The van der Waals surface area contributed by atoms with Crippen molar-refractivity contribution in [1.29, 1.82) is 0 Å². The lowest BCUT2D eigenvalue weighted by molar-refractivity contribution is -0.132. The van der Waals surface area contributed by atoms with E-state index in [1.165, 1.54) is 17.6 Å². The van der Waals surface area contributed by atoms with E-state index in [0.29, 0.717) is 28.7 Å². The molecule has 1 N–H and O–H groups in total. The first-order valence-corrected chi connectivity index (χ1v) is 12.3. The van der Waals surface area contributed by atoms with Gasteiger partial charge in [-0.25, -0.2) is 0 Å². The Morgan fingerprint density at radius 3 is 2.42 bits per heavy atom. The minimum absolute atomic E-state index is 0.0254. The van der Waals surface area contributed by atoms with Gasteiger partial charge in [-0.15, -0.1) is 0 Å². The number of hydrogen-bond donors (Lipinski definition) is 1. The van der Waals surface area contributed by atoms with Gasteiger partial charge in [-0.3, -0.25) is 14.5 Å². The molecule has 1 aliphatic carbocycles. The van der Waals surface area contributed by atoms with Gasteiger partial charge in [0.15, 0.2) is 17.5 Å². The fourth-order valence-electron chi connectivity index (χ4n) is 4.79. The lowest BCUT2D eigenvalue weighted by Gasteiger charge is -2.35. The molecule has 2 amide bonds. The monoisotopic (exact) mass is 490 g/mol. The second-order valence-corrected chi connectivity index (χ2v) is 9.03. The highest BCUT2D eigenvalue weighted by Crippen LogP contribution is 2.35. The maximum Gasteiger partial charge on any atom is 0.272 e. The molecule has 0 radical (unpaired) electrons. The minimum Gasteiger partial charge on any atom is -0.497 e. The Kier molecular flexibility index (Phi) is 7.11. The van der Waals surface area contributed by atoms with Gasteiger partial charge in [0.25, 0.3) is 11.8 Å². The first kappa shape index (κ1) is 23.8. The summed E-state index contributed by atoms with van der Waals surface area (Å²) in [5.74, 6) is 1.37. The molecule has 2 atom stereocenters. The molecule has 0 bridgehead atoms. The van der Waals surface area contributed by atoms with Crippen molar-refractivity contribution in [1.82, 2.24) is 5.32 Å². The predicted molar refractivity (Wildman–Crippen MR) is 133 cm³/mol. The normalized spacial score (nSPS) is 18.2. The number of hydrogen-bond acceptors (Lipinski definition) is 6. The Labute approximate surface area is 210 Å². The van der Waals surface area contributed by atoms with Crippen LogP contribution in [0.2, 0.25) is 0 Å². The van der Waals surface area contributed by atoms with Crippen LogP contribution in [0, 0.1) is 0 Å². The summed E-state index contributed by atoms with van der Waals surface area (Å²) in [5.41, 5.74) is 0.517.